The molecule has 1 amide bonds. The van der Waals surface area contributed by atoms with Crippen LogP contribution in [0.2, 0.25) is 0 Å². The number of aromatic nitrogens is 1. The fourth-order valence-corrected chi connectivity index (χ4v) is 2.26. The third-order valence-electron chi connectivity index (χ3n) is 3.45. The standard InChI is InChI=1S/C18H15FN2O4/c1-23-18(22)21(17-10-11-20-25-17)15-8-4-5-9-16(15)24-12-13-6-2-3-7-14(13)19/h2-11H,12H2,1H3. The molecule has 1 heterocycles. The van der Waals surface area contributed by atoms with Crippen LogP contribution in [0.15, 0.2) is 65.3 Å². The number of rotatable bonds is 5. The first kappa shape index (κ1) is 16.5. The van der Waals surface area contributed by atoms with Crippen molar-refractivity contribution in [2.75, 3.05) is 12.0 Å². The van der Waals surface area contributed by atoms with E-state index in [2.05, 4.69) is 5.16 Å². The lowest BCUT2D eigenvalue weighted by molar-refractivity contribution is 0.179. The Bertz CT molecular complexity index is 852. The van der Waals surface area contributed by atoms with Crippen molar-refractivity contribution in [3.05, 3.63) is 72.2 Å². The van der Waals surface area contributed by atoms with Crippen LogP contribution in [0.5, 0.6) is 5.75 Å². The van der Waals surface area contributed by atoms with Gasteiger partial charge >= 0.3 is 6.09 Å². The van der Waals surface area contributed by atoms with Gasteiger partial charge in [-0.2, -0.15) is 0 Å². The zero-order chi connectivity index (χ0) is 17.6. The monoisotopic (exact) mass is 342 g/mol. The highest BCUT2D eigenvalue weighted by Crippen LogP contribution is 2.34. The molecule has 0 saturated heterocycles. The van der Waals surface area contributed by atoms with Crippen molar-refractivity contribution < 1.29 is 23.2 Å². The summed E-state index contributed by atoms with van der Waals surface area (Å²) in [4.78, 5) is 13.4. The summed E-state index contributed by atoms with van der Waals surface area (Å²) in [6.45, 7) is 0.00903. The number of ether oxygens (including phenoxy) is 2. The van der Waals surface area contributed by atoms with E-state index in [1.807, 2.05) is 0 Å². The third-order valence-corrected chi connectivity index (χ3v) is 3.45. The molecule has 0 aliphatic heterocycles. The molecule has 3 rings (SSSR count). The lowest BCUT2D eigenvalue weighted by Crippen LogP contribution is -2.25. The highest BCUT2D eigenvalue weighted by molar-refractivity contribution is 5.96. The number of carbonyl (C=O) groups excluding carboxylic acids is 1. The largest absolute Gasteiger partial charge is 0.487 e. The molecule has 128 valence electrons. The van der Waals surface area contributed by atoms with Crippen molar-refractivity contribution in [3.63, 3.8) is 0 Å². The van der Waals surface area contributed by atoms with Crippen molar-refractivity contribution in [3.8, 4) is 5.75 Å². The first-order valence-corrected chi connectivity index (χ1v) is 7.44. The molecule has 0 saturated carbocycles. The molecule has 0 aliphatic rings. The minimum atomic E-state index is -0.668. The minimum Gasteiger partial charge on any atom is -0.487 e. The molecule has 0 bridgehead atoms. The van der Waals surface area contributed by atoms with Crippen LogP contribution in [0.1, 0.15) is 5.56 Å². The van der Waals surface area contributed by atoms with E-state index in [1.54, 1.807) is 42.5 Å². The van der Waals surface area contributed by atoms with Crippen LogP contribution in [0, 0.1) is 5.82 Å². The summed E-state index contributed by atoms with van der Waals surface area (Å²) in [5.41, 5.74) is 0.795. The summed E-state index contributed by atoms with van der Waals surface area (Å²) >= 11 is 0. The molecule has 0 N–H and O–H groups in total. The highest BCUT2D eigenvalue weighted by Gasteiger charge is 2.25. The second-order valence-corrected chi connectivity index (χ2v) is 5.00. The van der Waals surface area contributed by atoms with Crippen molar-refractivity contribution in [1.82, 2.24) is 5.16 Å². The Morgan fingerprint density at radius 1 is 1.16 bits per heavy atom. The number of amides is 1. The van der Waals surface area contributed by atoms with Crippen molar-refractivity contribution in [2.24, 2.45) is 0 Å². The number of nitrogens with zero attached hydrogens (tertiary/aromatic N) is 2. The van der Waals surface area contributed by atoms with Crippen molar-refractivity contribution in [1.29, 1.82) is 0 Å². The van der Waals surface area contributed by atoms with E-state index in [0.29, 0.717) is 17.0 Å². The molecule has 0 spiro atoms. The molecule has 0 radical (unpaired) electrons. The predicted octanol–water partition coefficient (Wildman–Crippen LogP) is 4.30. The van der Waals surface area contributed by atoms with E-state index in [4.69, 9.17) is 14.0 Å². The van der Waals surface area contributed by atoms with Crippen LogP contribution in [-0.2, 0) is 11.3 Å². The van der Waals surface area contributed by atoms with Crippen LogP contribution in [0.3, 0.4) is 0 Å². The topological polar surface area (TPSA) is 64.8 Å². The molecule has 0 aliphatic carbocycles. The summed E-state index contributed by atoms with van der Waals surface area (Å²) in [6.07, 6.45) is 0.743. The number of halogens is 1. The van der Waals surface area contributed by atoms with Crippen LogP contribution in [0.25, 0.3) is 0 Å². The zero-order valence-electron chi connectivity index (χ0n) is 13.4. The smallest absolute Gasteiger partial charge is 0.421 e. The summed E-state index contributed by atoms with van der Waals surface area (Å²) in [6, 6.07) is 14.7. The van der Waals surface area contributed by atoms with Gasteiger partial charge < -0.3 is 14.0 Å². The van der Waals surface area contributed by atoms with Gasteiger partial charge in [-0.05, 0) is 18.2 Å². The summed E-state index contributed by atoms with van der Waals surface area (Å²) in [7, 11) is 1.26. The molecule has 25 heavy (non-hydrogen) atoms. The van der Waals surface area contributed by atoms with Gasteiger partial charge in [-0.25, -0.2) is 14.1 Å². The molecule has 0 atom stereocenters. The van der Waals surface area contributed by atoms with Gasteiger partial charge in [0.15, 0.2) is 0 Å². The lowest BCUT2D eigenvalue weighted by Gasteiger charge is -2.20. The van der Waals surface area contributed by atoms with Gasteiger partial charge in [-0.15, -0.1) is 0 Å². The van der Waals surface area contributed by atoms with Crippen molar-refractivity contribution in [2.45, 2.75) is 6.61 Å². The van der Waals surface area contributed by atoms with Crippen LogP contribution in [-0.4, -0.2) is 18.4 Å². The van der Waals surface area contributed by atoms with E-state index in [0.717, 1.165) is 0 Å². The maximum absolute atomic E-state index is 13.8. The molecule has 0 fully saturated rings. The number of anilines is 2. The van der Waals surface area contributed by atoms with Gasteiger partial charge in [0, 0.05) is 11.6 Å². The Morgan fingerprint density at radius 2 is 1.92 bits per heavy atom. The van der Waals surface area contributed by atoms with E-state index in [9.17, 15) is 9.18 Å². The van der Waals surface area contributed by atoms with Gasteiger partial charge in [-0.1, -0.05) is 35.5 Å². The summed E-state index contributed by atoms with van der Waals surface area (Å²) < 4.78 is 29.4. The Hall–Kier alpha value is -3.35. The van der Waals surface area contributed by atoms with E-state index in [1.165, 1.54) is 30.3 Å². The van der Waals surface area contributed by atoms with Crippen molar-refractivity contribution >= 4 is 17.7 Å². The molecule has 2 aromatic carbocycles. The Morgan fingerprint density at radius 3 is 2.64 bits per heavy atom. The van der Waals surface area contributed by atoms with Crippen LogP contribution >= 0.6 is 0 Å². The Balaban J connectivity index is 1.91. The fraction of sp³-hybridized carbons (Fsp3) is 0.111. The minimum absolute atomic E-state index is 0.00903. The number of methoxy groups -OCH3 is 1. The lowest BCUT2D eigenvalue weighted by atomic mass is 10.2. The molecule has 7 heteroatoms. The van der Waals surface area contributed by atoms with Gasteiger partial charge in [0.05, 0.1) is 19.0 Å². The molecule has 6 nitrogen and oxygen atoms in total. The van der Waals surface area contributed by atoms with Gasteiger partial charge in [0.25, 0.3) is 0 Å². The molecular weight excluding hydrogens is 327 g/mol. The number of hydrogen-bond acceptors (Lipinski definition) is 5. The second-order valence-electron chi connectivity index (χ2n) is 5.00. The quantitative estimate of drug-likeness (QED) is 0.692. The number of hydrogen-bond donors (Lipinski definition) is 0. The summed E-state index contributed by atoms with van der Waals surface area (Å²) in [5, 5.41) is 3.61. The zero-order valence-corrected chi connectivity index (χ0v) is 13.4. The van der Waals surface area contributed by atoms with Gasteiger partial charge in [0.2, 0.25) is 5.88 Å². The summed E-state index contributed by atoms with van der Waals surface area (Å²) in [5.74, 6) is 0.182. The molecule has 3 aromatic rings. The van der Waals surface area contributed by atoms with Crippen LogP contribution < -0.4 is 9.64 Å². The average molecular weight is 342 g/mol. The van der Waals surface area contributed by atoms with Gasteiger partial charge in [-0.3, -0.25) is 0 Å². The van der Waals surface area contributed by atoms with E-state index < -0.39 is 6.09 Å². The fourth-order valence-electron chi connectivity index (χ4n) is 2.26. The Labute approximate surface area is 143 Å². The Kier molecular flexibility index (Phi) is 4.94. The van der Waals surface area contributed by atoms with E-state index >= 15 is 0 Å². The van der Waals surface area contributed by atoms with Gasteiger partial charge in [0.1, 0.15) is 18.2 Å². The number of carbonyl (C=O) groups is 1. The first-order valence-electron chi connectivity index (χ1n) is 7.44. The number of benzene rings is 2. The predicted molar refractivity (Wildman–Crippen MR) is 88.2 cm³/mol. The SMILES string of the molecule is COC(=O)N(c1ccno1)c1ccccc1OCc1ccccc1F. The molecular formula is C18H15FN2O4. The van der Waals surface area contributed by atoms with E-state index in [-0.39, 0.29) is 18.3 Å². The maximum Gasteiger partial charge on any atom is 0.421 e. The maximum atomic E-state index is 13.8. The average Bonchev–Trinajstić information content (AvgIpc) is 3.16. The number of para-hydroxylation sites is 2. The highest BCUT2D eigenvalue weighted by atomic mass is 19.1. The molecule has 1 aromatic heterocycles. The first-order chi connectivity index (χ1) is 12.2. The van der Waals surface area contributed by atoms with Crippen LogP contribution in [0.4, 0.5) is 20.8 Å². The molecule has 0 unspecified atom stereocenters. The third kappa shape index (κ3) is 3.60. The normalized spacial score (nSPS) is 10.3. The second kappa shape index (κ2) is 7.48.